The molecule has 0 radical (unpaired) electrons. The molecule has 0 fully saturated rings. The fraction of sp³-hybridized carbons (Fsp3) is 0.0909. The molecule has 0 saturated heterocycles. The van der Waals surface area contributed by atoms with Crippen LogP contribution in [0, 0.1) is 0 Å². The van der Waals surface area contributed by atoms with Crippen molar-refractivity contribution >= 4 is 23.7 Å². The van der Waals surface area contributed by atoms with Crippen LogP contribution in [0.5, 0.6) is 17.2 Å². The highest BCUT2D eigenvalue weighted by Crippen LogP contribution is 2.21. The summed E-state index contributed by atoms with van der Waals surface area (Å²) in [6.07, 6.45) is 1.35. The van der Waals surface area contributed by atoms with Crippen molar-refractivity contribution in [1.82, 2.24) is 5.43 Å². The van der Waals surface area contributed by atoms with E-state index in [1.54, 1.807) is 48.5 Å². The van der Waals surface area contributed by atoms with Gasteiger partial charge in [0.25, 0.3) is 5.91 Å². The van der Waals surface area contributed by atoms with Crippen molar-refractivity contribution in [3.63, 3.8) is 0 Å². The van der Waals surface area contributed by atoms with Crippen LogP contribution in [-0.4, -0.2) is 24.3 Å². The number of carbonyl (C=O) groups is 1. The second kappa shape index (κ2) is 9.61. The first-order valence-corrected chi connectivity index (χ1v) is 9.10. The Morgan fingerprint density at radius 2 is 1.76 bits per heavy atom. The normalized spacial score (nSPS) is 10.7. The third kappa shape index (κ3) is 5.73. The van der Waals surface area contributed by atoms with Crippen LogP contribution >= 0.6 is 11.6 Å². The molecule has 3 aromatic carbocycles. The van der Waals surface area contributed by atoms with Gasteiger partial charge >= 0.3 is 0 Å². The van der Waals surface area contributed by atoms with Crippen LogP contribution in [0.15, 0.2) is 71.8 Å². The van der Waals surface area contributed by atoms with Crippen molar-refractivity contribution in [3.8, 4) is 17.2 Å². The molecule has 3 rings (SSSR count). The molecule has 148 valence electrons. The number of halogens is 1. The summed E-state index contributed by atoms with van der Waals surface area (Å²) in [6.45, 7) is 0.372. The molecule has 0 atom stereocenters. The van der Waals surface area contributed by atoms with Crippen LogP contribution in [0.4, 0.5) is 0 Å². The number of aromatic hydroxyl groups is 1. The summed E-state index contributed by atoms with van der Waals surface area (Å²) in [5, 5.41) is 14.3. The first-order valence-electron chi connectivity index (χ1n) is 8.73. The molecule has 0 aliphatic rings. The third-order valence-corrected chi connectivity index (χ3v) is 4.29. The number of hydrogen-bond acceptors (Lipinski definition) is 5. The van der Waals surface area contributed by atoms with E-state index in [0.29, 0.717) is 34.3 Å². The lowest BCUT2D eigenvalue weighted by molar-refractivity contribution is 0.0955. The van der Waals surface area contributed by atoms with Gasteiger partial charge in [-0.1, -0.05) is 23.7 Å². The Morgan fingerprint density at radius 1 is 1.07 bits per heavy atom. The van der Waals surface area contributed by atoms with Gasteiger partial charge in [-0.3, -0.25) is 4.79 Å². The van der Waals surface area contributed by atoms with Crippen molar-refractivity contribution in [2.45, 2.75) is 6.61 Å². The molecule has 0 aliphatic carbocycles. The number of rotatable bonds is 7. The molecule has 0 saturated carbocycles. The minimum Gasteiger partial charge on any atom is -0.507 e. The van der Waals surface area contributed by atoms with Crippen LogP contribution in [-0.2, 0) is 6.61 Å². The lowest BCUT2D eigenvalue weighted by atomic mass is 10.1. The lowest BCUT2D eigenvalue weighted by Crippen LogP contribution is -2.17. The number of benzene rings is 3. The minimum absolute atomic E-state index is 0.0360. The number of hydrazone groups is 1. The van der Waals surface area contributed by atoms with Crippen molar-refractivity contribution < 1.29 is 19.4 Å². The summed E-state index contributed by atoms with van der Waals surface area (Å²) in [4.78, 5) is 12.2. The summed E-state index contributed by atoms with van der Waals surface area (Å²) in [7, 11) is 1.53. The molecule has 3 aromatic rings. The van der Waals surface area contributed by atoms with Gasteiger partial charge in [0.15, 0.2) is 0 Å². The van der Waals surface area contributed by atoms with Crippen molar-refractivity contribution in [2.24, 2.45) is 5.10 Å². The van der Waals surface area contributed by atoms with E-state index in [1.807, 2.05) is 12.1 Å². The molecule has 2 N–H and O–H groups in total. The van der Waals surface area contributed by atoms with Crippen molar-refractivity contribution in [3.05, 3.63) is 88.4 Å². The molecular weight excluding hydrogens is 392 g/mol. The number of carbonyl (C=O) groups excluding carboxylic acids is 1. The summed E-state index contributed by atoms with van der Waals surface area (Å²) >= 11 is 5.85. The minimum atomic E-state index is -0.367. The van der Waals surface area contributed by atoms with Crippen LogP contribution in [0.2, 0.25) is 5.02 Å². The monoisotopic (exact) mass is 410 g/mol. The lowest BCUT2D eigenvalue weighted by Gasteiger charge is -2.07. The zero-order valence-electron chi connectivity index (χ0n) is 15.6. The molecule has 6 nitrogen and oxygen atoms in total. The van der Waals surface area contributed by atoms with Gasteiger partial charge in [0.2, 0.25) is 0 Å². The average molecular weight is 411 g/mol. The summed E-state index contributed by atoms with van der Waals surface area (Å²) in [6, 6.07) is 18.8. The van der Waals surface area contributed by atoms with Gasteiger partial charge in [-0.05, 0) is 60.2 Å². The average Bonchev–Trinajstić information content (AvgIpc) is 2.75. The number of nitrogens with one attached hydrogen (secondary N) is 1. The highest BCUT2D eigenvalue weighted by Gasteiger charge is 2.05. The first-order chi connectivity index (χ1) is 14.0. The smallest absolute Gasteiger partial charge is 0.271 e. The predicted octanol–water partition coefficient (Wildman–Crippen LogP) is 4.40. The van der Waals surface area contributed by atoms with E-state index < -0.39 is 0 Å². The van der Waals surface area contributed by atoms with Gasteiger partial charge in [0, 0.05) is 16.1 Å². The Kier molecular flexibility index (Phi) is 6.71. The SMILES string of the molecule is COc1ccc(O)c(C=NNC(=O)c2ccc(COc3ccc(Cl)cc3)cc2)c1. The fourth-order valence-electron chi connectivity index (χ4n) is 2.44. The van der Waals surface area contributed by atoms with Crippen molar-refractivity contribution in [2.75, 3.05) is 7.11 Å². The number of methoxy groups -OCH3 is 1. The van der Waals surface area contributed by atoms with Crippen LogP contribution < -0.4 is 14.9 Å². The quantitative estimate of drug-likeness (QED) is 0.447. The molecule has 7 heteroatoms. The van der Waals surface area contributed by atoms with Gasteiger partial charge in [-0.25, -0.2) is 5.43 Å². The van der Waals surface area contributed by atoms with Gasteiger partial charge in [-0.15, -0.1) is 0 Å². The number of ether oxygens (including phenoxy) is 2. The Balaban J connectivity index is 1.55. The Bertz CT molecular complexity index is 1000. The van der Waals surface area contributed by atoms with E-state index in [1.165, 1.54) is 19.4 Å². The highest BCUT2D eigenvalue weighted by atomic mass is 35.5. The van der Waals surface area contributed by atoms with E-state index in [9.17, 15) is 9.90 Å². The van der Waals surface area contributed by atoms with E-state index >= 15 is 0 Å². The van der Waals surface area contributed by atoms with Crippen molar-refractivity contribution in [1.29, 1.82) is 0 Å². The van der Waals surface area contributed by atoms with E-state index in [0.717, 1.165) is 5.56 Å². The predicted molar refractivity (Wildman–Crippen MR) is 112 cm³/mol. The largest absolute Gasteiger partial charge is 0.507 e. The molecule has 0 spiro atoms. The van der Waals surface area contributed by atoms with Crippen LogP contribution in [0.3, 0.4) is 0 Å². The number of hydrogen-bond donors (Lipinski definition) is 2. The summed E-state index contributed by atoms with van der Waals surface area (Å²) < 4.78 is 10.8. The summed E-state index contributed by atoms with van der Waals surface area (Å²) in [5.74, 6) is 0.959. The van der Waals surface area contributed by atoms with Gasteiger partial charge in [0.05, 0.1) is 13.3 Å². The molecule has 0 aromatic heterocycles. The van der Waals surface area contributed by atoms with Crippen LogP contribution in [0.1, 0.15) is 21.5 Å². The molecule has 29 heavy (non-hydrogen) atoms. The van der Waals surface area contributed by atoms with Gasteiger partial charge < -0.3 is 14.6 Å². The number of phenols is 1. The van der Waals surface area contributed by atoms with E-state index in [2.05, 4.69) is 10.5 Å². The number of amides is 1. The standard InChI is InChI=1S/C22H19ClN2O4/c1-28-20-10-11-21(26)17(12-20)13-24-25-22(27)16-4-2-15(3-5-16)14-29-19-8-6-18(23)7-9-19/h2-13,26H,14H2,1H3,(H,25,27). The second-order valence-electron chi connectivity index (χ2n) is 6.06. The molecular formula is C22H19ClN2O4. The van der Waals surface area contributed by atoms with Gasteiger partial charge in [0.1, 0.15) is 23.9 Å². The first kappa shape index (κ1) is 20.2. The summed E-state index contributed by atoms with van der Waals surface area (Å²) in [5.41, 5.74) is 4.23. The third-order valence-electron chi connectivity index (χ3n) is 4.04. The maximum atomic E-state index is 12.2. The molecule has 1 amide bonds. The topological polar surface area (TPSA) is 80.2 Å². The Hall–Kier alpha value is -3.51. The number of phenolic OH excluding ortho intramolecular Hbond substituents is 1. The maximum Gasteiger partial charge on any atom is 0.271 e. The Labute approximate surface area is 173 Å². The fourth-order valence-corrected chi connectivity index (χ4v) is 2.56. The Morgan fingerprint density at radius 3 is 2.45 bits per heavy atom. The molecule has 0 heterocycles. The van der Waals surface area contributed by atoms with E-state index in [4.69, 9.17) is 21.1 Å². The van der Waals surface area contributed by atoms with Crippen LogP contribution in [0.25, 0.3) is 0 Å². The molecule has 0 unspecified atom stereocenters. The molecule has 0 bridgehead atoms. The highest BCUT2D eigenvalue weighted by molar-refractivity contribution is 6.30. The number of nitrogens with zero attached hydrogens (tertiary/aromatic N) is 1. The van der Waals surface area contributed by atoms with Gasteiger partial charge in [-0.2, -0.15) is 5.10 Å². The second-order valence-corrected chi connectivity index (χ2v) is 6.50. The zero-order valence-corrected chi connectivity index (χ0v) is 16.4. The van der Waals surface area contributed by atoms with E-state index in [-0.39, 0.29) is 11.7 Å². The zero-order chi connectivity index (χ0) is 20.6. The molecule has 0 aliphatic heterocycles. The maximum absolute atomic E-state index is 12.2.